The van der Waals surface area contributed by atoms with Crippen LogP contribution in [0.3, 0.4) is 0 Å². The van der Waals surface area contributed by atoms with E-state index >= 15 is 0 Å². The maximum absolute atomic E-state index is 13.1. The number of morpholine rings is 1. The number of hydrogen-bond acceptors (Lipinski definition) is 7. The molecule has 1 atom stereocenters. The minimum atomic E-state index is -0.498. The van der Waals surface area contributed by atoms with E-state index in [4.69, 9.17) is 9.47 Å². The van der Waals surface area contributed by atoms with E-state index in [1.54, 1.807) is 17.2 Å². The van der Waals surface area contributed by atoms with Crippen molar-refractivity contribution in [2.75, 3.05) is 46.0 Å². The van der Waals surface area contributed by atoms with E-state index in [2.05, 4.69) is 21.2 Å². The van der Waals surface area contributed by atoms with Crippen LogP contribution in [0.25, 0.3) is 17.0 Å². The van der Waals surface area contributed by atoms with Crippen LogP contribution in [0.1, 0.15) is 18.4 Å². The van der Waals surface area contributed by atoms with Crippen molar-refractivity contribution < 1.29 is 28.7 Å². The van der Waals surface area contributed by atoms with Crippen LogP contribution in [0.15, 0.2) is 33.8 Å². The van der Waals surface area contributed by atoms with Crippen molar-refractivity contribution in [2.45, 2.75) is 25.5 Å². The number of thioether (sulfide) groups is 1. The minimum Gasteiger partial charge on any atom is -0.378 e. The van der Waals surface area contributed by atoms with Crippen LogP contribution in [0, 0.1) is 0 Å². The summed E-state index contributed by atoms with van der Waals surface area (Å²) in [5.74, 6) is -0.910. The van der Waals surface area contributed by atoms with Crippen LogP contribution < -0.4 is 5.32 Å². The normalized spacial score (nSPS) is 21.4. The fraction of sp³-hybridized carbons (Fsp3) is 0.440. The molecule has 0 aliphatic carbocycles. The second kappa shape index (κ2) is 11.4. The third-order valence-corrected chi connectivity index (χ3v) is 7.96. The number of nitrogens with zero attached hydrogens (tertiary/aromatic N) is 3. The lowest BCUT2D eigenvalue weighted by molar-refractivity contribution is -0.139. The molecule has 3 aliphatic rings. The summed E-state index contributed by atoms with van der Waals surface area (Å²) in [6.07, 6.45) is 5.46. The number of ether oxygens (including phenoxy) is 2. The number of carbonyl (C=O) groups excluding carboxylic acids is 4. The molecular weight excluding hydrogens is 564 g/mol. The largest absolute Gasteiger partial charge is 0.378 e. The van der Waals surface area contributed by atoms with Gasteiger partial charge in [-0.3, -0.25) is 24.1 Å². The van der Waals surface area contributed by atoms with Crippen molar-refractivity contribution in [3.63, 3.8) is 0 Å². The highest BCUT2D eigenvalue weighted by Gasteiger charge is 2.37. The Morgan fingerprint density at radius 3 is 2.73 bits per heavy atom. The second-order valence-electron chi connectivity index (χ2n) is 9.07. The van der Waals surface area contributed by atoms with Crippen LogP contribution in [0.2, 0.25) is 0 Å². The molecule has 5 rings (SSSR count). The summed E-state index contributed by atoms with van der Waals surface area (Å²) in [7, 11) is 0. The Kier molecular flexibility index (Phi) is 7.98. The molecule has 3 saturated heterocycles. The third kappa shape index (κ3) is 5.92. The highest BCUT2D eigenvalue weighted by atomic mass is 79.9. The molecule has 1 aromatic heterocycles. The quantitative estimate of drug-likeness (QED) is 0.493. The topological polar surface area (TPSA) is 110 Å². The Balaban J connectivity index is 1.33. The molecule has 12 heteroatoms. The third-order valence-electron chi connectivity index (χ3n) is 6.56. The highest BCUT2D eigenvalue weighted by Crippen LogP contribution is 2.35. The number of imide groups is 1. The molecule has 37 heavy (non-hydrogen) atoms. The predicted molar refractivity (Wildman–Crippen MR) is 142 cm³/mol. The van der Waals surface area contributed by atoms with Gasteiger partial charge in [0.05, 0.1) is 24.2 Å². The average molecular weight is 591 g/mol. The average Bonchev–Trinajstić information content (AvgIpc) is 3.59. The van der Waals surface area contributed by atoms with Crippen molar-refractivity contribution in [3.05, 3.63) is 39.3 Å². The van der Waals surface area contributed by atoms with Crippen LogP contribution in [0.4, 0.5) is 4.79 Å². The van der Waals surface area contributed by atoms with Gasteiger partial charge in [0, 0.05) is 53.4 Å². The van der Waals surface area contributed by atoms with Gasteiger partial charge in [0.2, 0.25) is 11.8 Å². The number of aromatic nitrogens is 1. The summed E-state index contributed by atoms with van der Waals surface area (Å²) in [6, 6.07) is 5.70. The first kappa shape index (κ1) is 26.0. The number of nitrogens with one attached hydrogen (secondary N) is 1. The molecule has 3 aliphatic heterocycles. The zero-order chi connectivity index (χ0) is 25.9. The summed E-state index contributed by atoms with van der Waals surface area (Å²) < 4.78 is 13.5. The first-order chi connectivity index (χ1) is 17.9. The molecule has 196 valence electrons. The molecule has 0 radical (unpaired) electrons. The van der Waals surface area contributed by atoms with Gasteiger partial charge in [-0.2, -0.15) is 0 Å². The number of hydrogen-bond donors (Lipinski definition) is 1. The Labute approximate surface area is 226 Å². The van der Waals surface area contributed by atoms with Crippen molar-refractivity contribution >= 4 is 67.6 Å². The van der Waals surface area contributed by atoms with Gasteiger partial charge in [0.15, 0.2) is 0 Å². The van der Waals surface area contributed by atoms with Gasteiger partial charge in [0.1, 0.15) is 13.1 Å². The summed E-state index contributed by atoms with van der Waals surface area (Å²) in [5, 5.41) is 3.29. The fourth-order valence-electron chi connectivity index (χ4n) is 4.61. The number of fused-ring (bicyclic) bond motifs is 1. The van der Waals surface area contributed by atoms with Gasteiger partial charge in [0.25, 0.3) is 11.1 Å². The monoisotopic (exact) mass is 590 g/mol. The van der Waals surface area contributed by atoms with Gasteiger partial charge < -0.3 is 24.3 Å². The first-order valence-electron chi connectivity index (χ1n) is 12.2. The molecule has 0 spiro atoms. The zero-order valence-electron chi connectivity index (χ0n) is 20.1. The van der Waals surface area contributed by atoms with Gasteiger partial charge >= 0.3 is 0 Å². The summed E-state index contributed by atoms with van der Waals surface area (Å²) in [6.45, 7) is 2.80. The Morgan fingerprint density at radius 2 is 1.97 bits per heavy atom. The van der Waals surface area contributed by atoms with Crippen LogP contribution in [-0.4, -0.2) is 89.4 Å². The molecule has 1 N–H and O–H groups in total. The molecule has 4 amide bonds. The van der Waals surface area contributed by atoms with E-state index in [1.165, 1.54) is 0 Å². The lowest BCUT2D eigenvalue weighted by Crippen LogP contribution is -2.46. The Hall–Kier alpha value is -2.67. The Bertz CT molecular complexity index is 1270. The van der Waals surface area contributed by atoms with Gasteiger partial charge in [-0.1, -0.05) is 15.9 Å². The van der Waals surface area contributed by atoms with Crippen molar-refractivity contribution in [2.24, 2.45) is 0 Å². The lowest BCUT2D eigenvalue weighted by atomic mass is 10.1. The van der Waals surface area contributed by atoms with E-state index in [1.807, 2.05) is 22.8 Å². The maximum Gasteiger partial charge on any atom is 0.294 e. The Morgan fingerprint density at radius 1 is 1.16 bits per heavy atom. The number of carbonyl (C=O) groups is 4. The molecule has 4 heterocycles. The summed E-state index contributed by atoms with van der Waals surface area (Å²) >= 11 is 4.30. The molecule has 3 fully saturated rings. The highest BCUT2D eigenvalue weighted by molar-refractivity contribution is 9.10. The van der Waals surface area contributed by atoms with Crippen LogP contribution in [-0.2, 0) is 30.4 Å². The molecule has 10 nitrogen and oxygen atoms in total. The standard InChI is InChI=1S/C25H27BrN4O6S/c26-17-3-4-20-19(11-17)16(13-29(20)14-22(31)27-12-18-2-1-7-36-18)10-21-24(33)30(25(34)37-21)15-23(32)28-5-8-35-9-6-28/h3-4,10-11,13,18H,1-2,5-9,12,14-15H2,(H,27,31)/b21-10-/t18-/m0/s1. The molecule has 0 unspecified atom stereocenters. The molecular formula is C25H27BrN4O6S. The van der Waals surface area contributed by atoms with E-state index in [0.717, 1.165) is 51.5 Å². The van der Waals surface area contributed by atoms with Crippen molar-refractivity contribution in [1.82, 2.24) is 19.7 Å². The van der Waals surface area contributed by atoms with E-state index in [9.17, 15) is 19.2 Å². The maximum atomic E-state index is 13.1. The SMILES string of the molecule is O=C(Cn1cc(/C=C2\SC(=O)N(CC(=O)N3CCOCC3)C2=O)c2cc(Br)ccc21)NC[C@@H]1CCCO1. The van der Waals surface area contributed by atoms with Gasteiger partial charge in [-0.05, 0) is 48.9 Å². The molecule has 0 saturated carbocycles. The lowest BCUT2D eigenvalue weighted by Gasteiger charge is -2.28. The van der Waals surface area contributed by atoms with Gasteiger partial charge in [-0.15, -0.1) is 0 Å². The number of amides is 4. The minimum absolute atomic E-state index is 0.0580. The number of rotatable bonds is 7. The zero-order valence-corrected chi connectivity index (χ0v) is 22.5. The van der Waals surface area contributed by atoms with E-state index in [0.29, 0.717) is 38.4 Å². The first-order valence-corrected chi connectivity index (χ1v) is 13.8. The molecule has 2 aromatic rings. The van der Waals surface area contributed by atoms with Crippen molar-refractivity contribution in [1.29, 1.82) is 0 Å². The summed E-state index contributed by atoms with van der Waals surface area (Å²) in [5.41, 5.74) is 1.52. The smallest absolute Gasteiger partial charge is 0.294 e. The van der Waals surface area contributed by atoms with E-state index < -0.39 is 11.1 Å². The molecule has 0 bridgehead atoms. The summed E-state index contributed by atoms with van der Waals surface area (Å²) in [4.78, 5) is 53.7. The fourth-order valence-corrected chi connectivity index (χ4v) is 5.80. The molecule has 1 aromatic carbocycles. The van der Waals surface area contributed by atoms with Gasteiger partial charge in [-0.25, -0.2) is 0 Å². The van der Waals surface area contributed by atoms with Crippen molar-refractivity contribution in [3.8, 4) is 0 Å². The number of benzene rings is 1. The van der Waals surface area contributed by atoms with E-state index in [-0.39, 0.29) is 35.9 Å². The predicted octanol–water partition coefficient (Wildman–Crippen LogP) is 2.59. The second-order valence-corrected chi connectivity index (χ2v) is 11.0. The van der Waals surface area contributed by atoms with Crippen LogP contribution >= 0.6 is 27.7 Å². The van der Waals surface area contributed by atoms with Crippen LogP contribution in [0.5, 0.6) is 0 Å². The number of halogens is 1.